The summed E-state index contributed by atoms with van der Waals surface area (Å²) in [6, 6.07) is -3.93. The number of rotatable bonds is 3. The Balaban J connectivity index is 3.17. The van der Waals surface area contributed by atoms with E-state index in [1.807, 2.05) is 0 Å². The van der Waals surface area contributed by atoms with Crippen molar-refractivity contribution in [2.75, 3.05) is 0 Å². The van der Waals surface area contributed by atoms with Gasteiger partial charge in [-0.15, -0.1) is 0 Å². The van der Waals surface area contributed by atoms with Gasteiger partial charge in [-0.2, -0.15) is 92.2 Å². The van der Waals surface area contributed by atoms with E-state index in [0.29, 0.717) is 13.1 Å². The van der Waals surface area contributed by atoms with E-state index in [1.165, 1.54) is 0 Å². The normalized spacial score (nSPS) is 36.8. The van der Waals surface area contributed by atoms with Gasteiger partial charge in [0.05, 0.1) is 6.04 Å². The van der Waals surface area contributed by atoms with Gasteiger partial charge in [-0.3, -0.25) is 0 Å². The summed E-state index contributed by atoms with van der Waals surface area (Å²) in [7, 11) is -59.6. The molecule has 0 radical (unpaired) electrons. The van der Waals surface area contributed by atoms with Crippen molar-refractivity contribution in [1.82, 2.24) is 0 Å². The van der Waals surface area contributed by atoms with Crippen LogP contribution in [0.15, 0.2) is 0 Å². The molecule has 328 valence electrons. The molecule has 2 rings (SSSR count). The maximum atomic E-state index is 16.6. The summed E-state index contributed by atoms with van der Waals surface area (Å²) in [5.74, 6) is -47.5. The molecule has 0 aromatic rings. The van der Waals surface area contributed by atoms with E-state index < -0.39 is 145 Å². The first-order chi connectivity index (χ1) is 23.4. The maximum Gasteiger partial charge on any atom is 0.447 e. The summed E-state index contributed by atoms with van der Waals surface area (Å²) >= 11 is 0. The highest BCUT2D eigenvalue weighted by Crippen LogP contribution is 2.58. The quantitative estimate of drug-likeness (QED) is 0.206. The molecule has 2 aliphatic heterocycles. The number of halogens is 23. The van der Waals surface area contributed by atoms with E-state index in [-0.39, 0.29) is 13.1 Å². The summed E-state index contributed by atoms with van der Waals surface area (Å²) in [5, 5.41) is 0. The van der Waals surface area contributed by atoms with Crippen molar-refractivity contribution < 1.29 is 130 Å². The van der Waals surface area contributed by atoms with Gasteiger partial charge >= 0.3 is 109 Å². The zero-order chi connectivity index (χ0) is 44.4. The SMILES string of the molecule is C[Si]1(C)O[Si](C)(C(F)(F)F)O[Si](CC(F)(F)[Si]2(C)O[Si](C)(C(F)(F)F)C[Si](C(F)(F)F)(C(F)(F)F)O[Si](C)(C(F)(F)F)O2)(C(F)(F)F)O[Si](C)(C(F)(F)F)O1. The van der Waals surface area contributed by atoms with Crippen LogP contribution in [-0.2, 0) is 28.8 Å². The molecule has 2 aliphatic rings. The van der Waals surface area contributed by atoms with E-state index in [4.69, 9.17) is 0 Å². The third-order valence-corrected chi connectivity index (χ3v) is 44.7. The molecule has 0 spiro atoms. The second-order valence-electron chi connectivity index (χ2n) is 13.3. The molecule has 2 fully saturated rings. The molecule has 0 aromatic carbocycles. The fourth-order valence-electron chi connectivity index (χ4n) is 5.25. The fraction of sp³-hybridized carbons (Fsp3) is 1.00. The molecule has 7 nitrogen and oxygen atoms in total. The standard InChI is InChI=1S/C17H25F23O7Si8/c1-48(2)41-51(5,12(23,24)25)46-55(17(38,39)40,47-52(6,42-48)13(26,27)28)8-10(18,19)50(4)43-49(3,11(20,21)22)9-54(15(32,33)34,16(35,36)37)45-53(7,44-50)14(29,30)31/h8-9H2,1-7H3. The predicted molar refractivity (Wildman–Crippen MR) is 152 cm³/mol. The first-order valence-electron chi connectivity index (χ1n) is 14.1. The summed E-state index contributed by atoms with van der Waals surface area (Å²) < 4.78 is 365. The molecule has 0 aliphatic carbocycles. The lowest BCUT2D eigenvalue weighted by Gasteiger charge is -2.54. The van der Waals surface area contributed by atoms with Crippen LogP contribution in [-0.4, -0.2) is 114 Å². The molecular weight excluding hydrogens is 978 g/mol. The van der Waals surface area contributed by atoms with Crippen LogP contribution in [0.5, 0.6) is 0 Å². The van der Waals surface area contributed by atoms with Crippen LogP contribution < -0.4 is 0 Å². The molecule has 0 aromatic heterocycles. The van der Waals surface area contributed by atoms with Crippen molar-refractivity contribution in [1.29, 1.82) is 0 Å². The van der Waals surface area contributed by atoms with Gasteiger partial charge < -0.3 is 28.8 Å². The predicted octanol–water partition coefficient (Wildman–Crippen LogP) is 9.51. The molecular formula is C17H25F23O7Si8. The van der Waals surface area contributed by atoms with Crippen LogP contribution in [0.1, 0.15) is 0 Å². The summed E-state index contributed by atoms with van der Waals surface area (Å²) in [4.78, 5) is 0. The minimum atomic E-state index is -8.75. The van der Waals surface area contributed by atoms with Gasteiger partial charge in [0, 0.05) is 5.67 Å². The van der Waals surface area contributed by atoms with Crippen molar-refractivity contribution in [2.45, 2.75) is 104 Å². The molecule has 5 atom stereocenters. The topological polar surface area (TPSA) is 64.6 Å². The highest BCUT2D eigenvalue weighted by Gasteiger charge is 2.88. The van der Waals surface area contributed by atoms with E-state index in [1.54, 1.807) is 0 Å². The molecule has 0 bridgehead atoms. The second-order valence-corrected chi connectivity index (χ2v) is 41.4. The fourth-order valence-corrected chi connectivity index (χ4v) is 48.1. The summed E-state index contributed by atoms with van der Waals surface area (Å²) in [6.07, 6.45) is 0. The van der Waals surface area contributed by atoms with Crippen molar-refractivity contribution in [3.8, 4) is 0 Å². The van der Waals surface area contributed by atoms with Crippen LogP contribution >= 0.6 is 0 Å². The molecule has 38 heteroatoms. The average molecular weight is 1000 g/mol. The van der Waals surface area contributed by atoms with Gasteiger partial charge in [-0.1, -0.05) is 0 Å². The smallest absolute Gasteiger partial charge is 0.426 e. The third kappa shape index (κ3) is 9.14. The van der Waals surface area contributed by atoms with Gasteiger partial charge in [0.1, 0.15) is 0 Å². The Morgan fingerprint density at radius 2 is 0.673 bits per heavy atom. The molecule has 55 heavy (non-hydrogen) atoms. The maximum absolute atomic E-state index is 16.6. The van der Waals surface area contributed by atoms with E-state index in [9.17, 15) is 92.2 Å². The van der Waals surface area contributed by atoms with Crippen LogP contribution in [0, 0.1) is 0 Å². The van der Waals surface area contributed by atoms with E-state index in [0.717, 1.165) is 0 Å². The number of hydrogen-bond donors (Lipinski definition) is 0. The molecule has 2 heterocycles. The lowest BCUT2D eigenvalue weighted by Crippen LogP contribution is -2.83. The minimum absolute atomic E-state index is 0.381. The van der Waals surface area contributed by atoms with Crippen LogP contribution in [0.4, 0.5) is 101 Å². The molecule has 0 saturated carbocycles. The Kier molecular flexibility index (Phi) is 12.7. The van der Waals surface area contributed by atoms with Gasteiger partial charge in [-0.05, 0) is 45.8 Å². The molecule has 2 saturated heterocycles. The Bertz CT molecular complexity index is 1350. The molecule has 0 amide bonds. The van der Waals surface area contributed by atoms with Crippen molar-refractivity contribution >= 4 is 68.0 Å². The Morgan fingerprint density at radius 1 is 0.345 bits per heavy atom. The van der Waals surface area contributed by atoms with E-state index in [2.05, 4.69) is 28.8 Å². The molecule has 5 unspecified atom stereocenters. The first kappa shape index (κ1) is 51.0. The van der Waals surface area contributed by atoms with Gasteiger partial charge in [-0.25, -0.2) is 8.78 Å². The largest absolute Gasteiger partial charge is 0.447 e. The minimum Gasteiger partial charge on any atom is -0.426 e. The number of hydrogen-bond acceptors (Lipinski definition) is 7. The summed E-state index contributed by atoms with van der Waals surface area (Å²) in [5.41, 5.74) is -10.2. The van der Waals surface area contributed by atoms with Gasteiger partial charge in [0.25, 0.3) is 5.55 Å². The average Bonchev–Trinajstić information content (AvgIpc) is 2.80. The number of alkyl halides is 23. The summed E-state index contributed by atoms with van der Waals surface area (Å²) in [6.45, 7) is -2.33. The second kappa shape index (κ2) is 13.7. The first-order valence-corrected chi connectivity index (χ1v) is 33.0. The lowest BCUT2D eigenvalue weighted by atomic mass is 10.8. The zero-order valence-electron chi connectivity index (χ0n) is 28.0. The van der Waals surface area contributed by atoms with Crippen LogP contribution in [0.2, 0.25) is 57.5 Å². The monoisotopic (exact) mass is 1000 g/mol. The van der Waals surface area contributed by atoms with Crippen LogP contribution in [0.3, 0.4) is 0 Å². The van der Waals surface area contributed by atoms with Gasteiger partial charge in [0.2, 0.25) is 0 Å². The van der Waals surface area contributed by atoms with Gasteiger partial charge in [0.15, 0.2) is 0 Å². The van der Waals surface area contributed by atoms with Crippen molar-refractivity contribution in [3.63, 3.8) is 0 Å². The van der Waals surface area contributed by atoms with Crippen molar-refractivity contribution in [3.05, 3.63) is 0 Å². The van der Waals surface area contributed by atoms with E-state index >= 15 is 8.78 Å². The molecule has 0 N–H and O–H groups in total. The Hall–Kier alpha value is -0.155. The van der Waals surface area contributed by atoms with Crippen LogP contribution in [0.25, 0.3) is 0 Å². The Morgan fingerprint density at radius 3 is 0.945 bits per heavy atom. The Labute approximate surface area is 301 Å². The zero-order valence-corrected chi connectivity index (χ0v) is 36.0. The highest BCUT2D eigenvalue weighted by molar-refractivity contribution is 7.03. The highest BCUT2D eigenvalue weighted by atomic mass is 28.5. The van der Waals surface area contributed by atoms with Crippen molar-refractivity contribution in [2.24, 2.45) is 0 Å². The third-order valence-electron chi connectivity index (χ3n) is 7.98. The lowest BCUT2D eigenvalue weighted by molar-refractivity contribution is -0.141.